The second-order valence-corrected chi connectivity index (χ2v) is 7.40. The molecule has 0 aromatic rings. The van der Waals surface area contributed by atoms with Crippen LogP contribution in [0, 0.1) is 0 Å². The average Bonchev–Trinajstić information content (AvgIpc) is 2.34. The number of hydrogen-bond acceptors (Lipinski definition) is 3. The number of hydrogen-bond donors (Lipinski definition) is 1. The van der Waals surface area contributed by atoms with E-state index in [1.54, 1.807) is 13.8 Å². The summed E-state index contributed by atoms with van der Waals surface area (Å²) in [5.41, 5.74) is 0. The molecular formula is C7H15NO3S2. The first-order valence-corrected chi connectivity index (χ1v) is 7.31. The number of nitrogens with one attached hydrogen (secondary N) is 1. The lowest BCUT2D eigenvalue weighted by Gasteiger charge is -2.13. The molecule has 0 aliphatic carbocycles. The molecule has 0 saturated carbocycles. The molecule has 0 aromatic carbocycles. The molecule has 0 amide bonds. The first kappa shape index (κ1) is 11.1. The highest BCUT2D eigenvalue weighted by atomic mass is 32.2. The van der Waals surface area contributed by atoms with Gasteiger partial charge < -0.3 is 0 Å². The maximum atomic E-state index is 11.4. The van der Waals surface area contributed by atoms with Crippen LogP contribution in [0.3, 0.4) is 0 Å². The third kappa shape index (κ3) is 3.03. The van der Waals surface area contributed by atoms with E-state index in [4.69, 9.17) is 0 Å². The minimum atomic E-state index is -3.19. The molecule has 0 aromatic heterocycles. The van der Waals surface area contributed by atoms with E-state index in [1.807, 2.05) is 0 Å². The lowest BCUT2D eigenvalue weighted by Crippen LogP contribution is -2.39. The maximum Gasteiger partial charge on any atom is 0.214 e. The molecule has 1 aliphatic heterocycles. The Morgan fingerprint density at radius 3 is 2.46 bits per heavy atom. The van der Waals surface area contributed by atoms with E-state index in [0.717, 1.165) is 0 Å². The van der Waals surface area contributed by atoms with E-state index in [1.165, 1.54) is 0 Å². The average molecular weight is 225 g/mol. The van der Waals surface area contributed by atoms with Crippen molar-refractivity contribution in [3.8, 4) is 0 Å². The molecule has 1 heterocycles. The standard InChI is InChI=1S/C7H15NO3S2/c1-6(2)13(10,11)8-7-3-4-12(9)5-7/h6-8H,3-5H2,1-2H3. The van der Waals surface area contributed by atoms with Crippen LogP contribution >= 0.6 is 0 Å². The second kappa shape index (κ2) is 4.06. The smallest absolute Gasteiger partial charge is 0.214 e. The Kier molecular flexibility index (Phi) is 3.48. The van der Waals surface area contributed by atoms with Crippen LogP contribution in [0.2, 0.25) is 0 Å². The highest BCUT2D eigenvalue weighted by Gasteiger charge is 2.26. The Hall–Kier alpha value is 0.0600. The van der Waals surface area contributed by atoms with E-state index in [9.17, 15) is 12.6 Å². The topological polar surface area (TPSA) is 63.2 Å². The summed E-state index contributed by atoms with van der Waals surface area (Å²) in [6.07, 6.45) is 0.693. The van der Waals surface area contributed by atoms with Gasteiger partial charge in [-0.15, -0.1) is 0 Å². The summed E-state index contributed by atoms with van der Waals surface area (Å²) in [4.78, 5) is 0. The predicted octanol–water partition coefficient (Wildman–Crippen LogP) is -0.165. The SMILES string of the molecule is CC(C)S(=O)(=O)NC1CCS(=O)C1. The number of sulfonamides is 1. The van der Waals surface area contributed by atoms with E-state index >= 15 is 0 Å². The molecule has 2 atom stereocenters. The Morgan fingerprint density at radius 2 is 2.08 bits per heavy atom. The Labute approximate surface area is 81.6 Å². The molecule has 1 fully saturated rings. The van der Waals surface area contributed by atoms with Gasteiger partial charge in [0, 0.05) is 28.3 Å². The quantitative estimate of drug-likeness (QED) is 0.725. The number of rotatable bonds is 3. The normalized spacial score (nSPS) is 29.8. The largest absolute Gasteiger partial charge is 0.260 e. The zero-order valence-electron chi connectivity index (χ0n) is 7.82. The molecule has 1 aliphatic rings. The van der Waals surface area contributed by atoms with Crippen molar-refractivity contribution < 1.29 is 12.6 Å². The Bertz CT molecular complexity index is 297. The van der Waals surface area contributed by atoms with Crippen LogP contribution in [0.15, 0.2) is 0 Å². The summed E-state index contributed by atoms with van der Waals surface area (Å²) in [6.45, 7) is 3.27. The van der Waals surface area contributed by atoms with Crippen LogP contribution < -0.4 is 4.72 Å². The molecule has 78 valence electrons. The van der Waals surface area contributed by atoms with Gasteiger partial charge in [-0.1, -0.05) is 0 Å². The van der Waals surface area contributed by atoms with Gasteiger partial charge in [0.25, 0.3) is 0 Å². The van der Waals surface area contributed by atoms with E-state index < -0.39 is 26.1 Å². The molecule has 0 bridgehead atoms. The van der Waals surface area contributed by atoms with Crippen molar-refractivity contribution in [1.82, 2.24) is 4.72 Å². The van der Waals surface area contributed by atoms with Crippen molar-refractivity contribution >= 4 is 20.8 Å². The monoisotopic (exact) mass is 225 g/mol. The van der Waals surface area contributed by atoms with Gasteiger partial charge in [0.1, 0.15) is 0 Å². The summed E-state index contributed by atoms with van der Waals surface area (Å²) in [6, 6.07) is -0.117. The molecule has 0 radical (unpaired) electrons. The molecule has 2 unspecified atom stereocenters. The van der Waals surface area contributed by atoms with Crippen molar-refractivity contribution in [2.75, 3.05) is 11.5 Å². The minimum absolute atomic E-state index is 0.117. The van der Waals surface area contributed by atoms with Crippen LogP contribution in [0.5, 0.6) is 0 Å². The zero-order chi connectivity index (χ0) is 10.1. The van der Waals surface area contributed by atoms with Crippen LogP contribution in [0.1, 0.15) is 20.3 Å². The second-order valence-electron chi connectivity index (χ2n) is 3.51. The fourth-order valence-electron chi connectivity index (χ4n) is 1.13. The van der Waals surface area contributed by atoms with E-state index in [2.05, 4.69) is 4.72 Å². The van der Waals surface area contributed by atoms with Gasteiger partial charge in [0.05, 0.1) is 5.25 Å². The molecule has 13 heavy (non-hydrogen) atoms. The first-order chi connectivity index (χ1) is 5.92. The summed E-state index contributed by atoms with van der Waals surface area (Å²) < 4.78 is 36.3. The Balaban J connectivity index is 2.55. The predicted molar refractivity (Wildman–Crippen MR) is 53.5 cm³/mol. The van der Waals surface area contributed by atoms with Gasteiger partial charge >= 0.3 is 0 Å². The third-order valence-corrected chi connectivity index (χ3v) is 5.40. The summed E-state index contributed by atoms with van der Waals surface area (Å²) in [5.74, 6) is 1.08. The van der Waals surface area contributed by atoms with Crippen LogP contribution in [-0.2, 0) is 20.8 Å². The van der Waals surface area contributed by atoms with Gasteiger partial charge in [-0.3, -0.25) is 4.21 Å². The van der Waals surface area contributed by atoms with Crippen molar-refractivity contribution in [1.29, 1.82) is 0 Å². The van der Waals surface area contributed by atoms with Crippen molar-refractivity contribution in [2.45, 2.75) is 31.6 Å². The molecule has 1 saturated heterocycles. The summed E-state index contributed by atoms with van der Waals surface area (Å²) in [7, 11) is -4.02. The Morgan fingerprint density at radius 1 is 1.46 bits per heavy atom. The molecular weight excluding hydrogens is 210 g/mol. The maximum absolute atomic E-state index is 11.4. The molecule has 4 nitrogen and oxygen atoms in total. The van der Waals surface area contributed by atoms with E-state index in [-0.39, 0.29) is 6.04 Å². The van der Waals surface area contributed by atoms with Gasteiger partial charge in [0.2, 0.25) is 10.0 Å². The first-order valence-electron chi connectivity index (χ1n) is 4.28. The summed E-state index contributed by atoms with van der Waals surface area (Å²) >= 11 is 0. The lowest BCUT2D eigenvalue weighted by molar-refractivity contribution is 0.554. The van der Waals surface area contributed by atoms with Crippen molar-refractivity contribution in [3.05, 3.63) is 0 Å². The van der Waals surface area contributed by atoms with Gasteiger partial charge in [0.15, 0.2) is 0 Å². The van der Waals surface area contributed by atoms with Crippen LogP contribution in [-0.4, -0.2) is 35.4 Å². The molecule has 1 rings (SSSR count). The summed E-state index contributed by atoms with van der Waals surface area (Å²) in [5, 5.41) is -0.415. The molecule has 1 N–H and O–H groups in total. The fourth-order valence-corrected chi connectivity index (χ4v) is 3.58. The van der Waals surface area contributed by atoms with Crippen molar-refractivity contribution in [2.24, 2.45) is 0 Å². The highest BCUT2D eigenvalue weighted by Crippen LogP contribution is 2.10. The zero-order valence-corrected chi connectivity index (χ0v) is 9.45. The third-order valence-electron chi connectivity index (χ3n) is 2.03. The minimum Gasteiger partial charge on any atom is -0.260 e. The lowest BCUT2D eigenvalue weighted by atomic mass is 10.3. The fraction of sp³-hybridized carbons (Fsp3) is 1.00. The van der Waals surface area contributed by atoms with E-state index in [0.29, 0.717) is 17.9 Å². The van der Waals surface area contributed by atoms with Gasteiger partial charge in [-0.25, -0.2) is 13.1 Å². The highest BCUT2D eigenvalue weighted by molar-refractivity contribution is 7.90. The van der Waals surface area contributed by atoms with Gasteiger partial charge in [-0.05, 0) is 20.3 Å². The molecule has 6 heteroatoms. The van der Waals surface area contributed by atoms with Crippen molar-refractivity contribution in [3.63, 3.8) is 0 Å². The van der Waals surface area contributed by atoms with Crippen LogP contribution in [0.25, 0.3) is 0 Å². The van der Waals surface area contributed by atoms with Gasteiger partial charge in [-0.2, -0.15) is 0 Å². The molecule has 0 spiro atoms. The van der Waals surface area contributed by atoms with Crippen LogP contribution in [0.4, 0.5) is 0 Å².